The average molecular weight is 398 g/mol. The molecule has 3 heterocycles. The number of benzene rings is 1. The van der Waals surface area contributed by atoms with E-state index in [0.29, 0.717) is 24.0 Å². The molecule has 0 unspecified atom stereocenters. The van der Waals surface area contributed by atoms with Crippen LogP contribution in [-0.2, 0) is 33.8 Å². The smallest absolute Gasteiger partial charge is 0.308 e. The van der Waals surface area contributed by atoms with Gasteiger partial charge in [0.1, 0.15) is 5.52 Å². The minimum absolute atomic E-state index is 0.0473. The Balaban J connectivity index is 1.29. The van der Waals surface area contributed by atoms with E-state index in [2.05, 4.69) is 10.3 Å². The van der Waals surface area contributed by atoms with Gasteiger partial charge in [0.2, 0.25) is 0 Å². The molecule has 0 aliphatic carbocycles. The molecule has 3 aromatic rings. The number of carbonyl (C=O) groups is 2. The number of rotatable bonds is 5. The topological polar surface area (TPSA) is 94.4 Å². The lowest BCUT2D eigenvalue weighted by atomic mass is 10.1. The first-order valence-electron chi connectivity index (χ1n) is 8.93. The highest BCUT2D eigenvalue weighted by Crippen LogP contribution is 2.23. The zero-order valence-corrected chi connectivity index (χ0v) is 15.9. The lowest BCUT2D eigenvalue weighted by Gasteiger charge is -2.26. The predicted molar refractivity (Wildman–Crippen MR) is 103 cm³/mol. The van der Waals surface area contributed by atoms with E-state index in [-0.39, 0.29) is 31.0 Å². The van der Waals surface area contributed by atoms with Gasteiger partial charge in [-0.05, 0) is 35.6 Å². The number of nitrogens with zero attached hydrogens (tertiary/aromatic N) is 4. The van der Waals surface area contributed by atoms with Gasteiger partial charge in [0.05, 0.1) is 18.4 Å². The predicted octanol–water partition coefficient (Wildman–Crippen LogP) is 1.37. The van der Waals surface area contributed by atoms with Crippen LogP contribution >= 0.6 is 11.3 Å². The summed E-state index contributed by atoms with van der Waals surface area (Å²) in [6.45, 7) is 0.936. The average Bonchev–Trinajstić information content (AvgIpc) is 3.19. The summed E-state index contributed by atoms with van der Waals surface area (Å²) in [5.41, 5.74) is 1.35. The number of ether oxygens (including phenoxy) is 1. The third-order valence-corrected chi connectivity index (χ3v) is 5.70. The molecule has 0 saturated carbocycles. The molecule has 1 aliphatic heterocycles. The molecule has 0 radical (unpaired) electrons. The van der Waals surface area contributed by atoms with Crippen molar-refractivity contribution in [1.82, 2.24) is 19.9 Å². The molecule has 0 N–H and O–H groups in total. The highest BCUT2D eigenvalue weighted by Gasteiger charge is 2.22. The number of aromatic nitrogens is 3. The fraction of sp³-hybridized carbons (Fsp3) is 0.316. The minimum atomic E-state index is -0.552. The van der Waals surface area contributed by atoms with E-state index < -0.39 is 5.97 Å². The van der Waals surface area contributed by atoms with Gasteiger partial charge in [-0.15, -0.1) is 16.4 Å². The molecule has 2 aromatic heterocycles. The van der Waals surface area contributed by atoms with Crippen molar-refractivity contribution in [3.63, 3.8) is 0 Å². The molecular formula is C19H18N4O4S. The van der Waals surface area contributed by atoms with Crippen LogP contribution in [0.4, 0.5) is 0 Å². The molecule has 0 spiro atoms. The lowest BCUT2D eigenvalue weighted by molar-refractivity contribution is -0.152. The van der Waals surface area contributed by atoms with E-state index in [1.54, 1.807) is 40.5 Å². The van der Waals surface area contributed by atoms with Crippen molar-refractivity contribution in [3.8, 4) is 0 Å². The van der Waals surface area contributed by atoms with Crippen molar-refractivity contribution in [1.29, 1.82) is 0 Å². The third kappa shape index (κ3) is 3.79. The summed E-state index contributed by atoms with van der Waals surface area (Å²) in [7, 11) is 0. The van der Waals surface area contributed by atoms with Crippen molar-refractivity contribution in [2.45, 2.75) is 25.9 Å². The second kappa shape index (κ2) is 7.89. The number of fused-ring (bicyclic) bond motifs is 2. The number of thiophene rings is 1. The van der Waals surface area contributed by atoms with Crippen molar-refractivity contribution < 1.29 is 14.3 Å². The lowest BCUT2D eigenvalue weighted by Crippen LogP contribution is -2.38. The van der Waals surface area contributed by atoms with Crippen LogP contribution in [0.2, 0.25) is 0 Å². The molecule has 0 saturated heterocycles. The molecule has 1 amide bonds. The summed E-state index contributed by atoms with van der Waals surface area (Å²) in [6, 6.07) is 8.91. The van der Waals surface area contributed by atoms with Crippen LogP contribution in [0, 0.1) is 0 Å². The summed E-state index contributed by atoms with van der Waals surface area (Å²) in [5.74, 6) is -0.767. The molecular weight excluding hydrogens is 380 g/mol. The normalized spacial score (nSPS) is 13.4. The van der Waals surface area contributed by atoms with E-state index >= 15 is 0 Å². The largest absolute Gasteiger partial charge is 0.456 e. The van der Waals surface area contributed by atoms with E-state index in [1.165, 1.54) is 4.88 Å². The zero-order chi connectivity index (χ0) is 19.5. The number of hydrogen-bond acceptors (Lipinski definition) is 7. The van der Waals surface area contributed by atoms with Gasteiger partial charge in [0.15, 0.2) is 6.61 Å². The number of aryl methyl sites for hydroxylation is 1. The minimum Gasteiger partial charge on any atom is -0.456 e. The van der Waals surface area contributed by atoms with Crippen LogP contribution in [0.1, 0.15) is 16.9 Å². The first-order chi connectivity index (χ1) is 13.6. The Bertz CT molecular complexity index is 1090. The van der Waals surface area contributed by atoms with E-state index in [4.69, 9.17) is 4.74 Å². The second-order valence-corrected chi connectivity index (χ2v) is 7.48. The summed E-state index contributed by atoms with van der Waals surface area (Å²) in [4.78, 5) is 39.6. The summed E-state index contributed by atoms with van der Waals surface area (Å²) in [6.07, 6.45) is 0.769. The Kier molecular flexibility index (Phi) is 5.16. The SMILES string of the molecule is O=C(CCn1nnc2ccccc2c1=O)OCC(=O)N1CCc2sccc2C1. The van der Waals surface area contributed by atoms with Crippen LogP contribution in [-0.4, -0.2) is 44.9 Å². The third-order valence-electron chi connectivity index (χ3n) is 4.67. The van der Waals surface area contributed by atoms with Gasteiger partial charge in [-0.3, -0.25) is 14.4 Å². The number of carbonyl (C=O) groups excluding carboxylic acids is 2. The van der Waals surface area contributed by atoms with Crippen LogP contribution in [0.5, 0.6) is 0 Å². The number of amides is 1. The van der Waals surface area contributed by atoms with E-state index in [1.807, 2.05) is 11.4 Å². The summed E-state index contributed by atoms with van der Waals surface area (Å²) in [5, 5.41) is 10.3. The highest BCUT2D eigenvalue weighted by molar-refractivity contribution is 7.10. The molecule has 0 atom stereocenters. The van der Waals surface area contributed by atoms with Gasteiger partial charge in [-0.1, -0.05) is 17.3 Å². The van der Waals surface area contributed by atoms with Gasteiger partial charge in [-0.25, -0.2) is 4.68 Å². The quantitative estimate of drug-likeness (QED) is 0.603. The monoisotopic (exact) mass is 398 g/mol. The molecule has 4 rings (SSSR count). The molecule has 1 aliphatic rings. The molecule has 28 heavy (non-hydrogen) atoms. The van der Waals surface area contributed by atoms with E-state index in [9.17, 15) is 14.4 Å². The highest BCUT2D eigenvalue weighted by atomic mass is 32.1. The van der Waals surface area contributed by atoms with Gasteiger partial charge >= 0.3 is 5.97 Å². The molecule has 0 bridgehead atoms. The molecule has 8 nitrogen and oxygen atoms in total. The van der Waals surface area contributed by atoms with Gasteiger partial charge in [-0.2, -0.15) is 0 Å². The zero-order valence-electron chi connectivity index (χ0n) is 15.0. The van der Waals surface area contributed by atoms with Crippen molar-refractivity contribution in [2.24, 2.45) is 0 Å². The summed E-state index contributed by atoms with van der Waals surface area (Å²) >= 11 is 1.70. The summed E-state index contributed by atoms with van der Waals surface area (Å²) < 4.78 is 6.22. The molecule has 144 valence electrons. The van der Waals surface area contributed by atoms with Crippen molar-refractivity contribution in [3.05, 3.63) is 56.5 Å². The Labute approximate surface area is 164 Å². The Morgan fingerprint density at radius 3 is 2.96 bits per heavy atom. The Morgan fingerprint density at radius 1 is 1.21 bits per heavy atom. The van der Waals surface area contributed by atoms with Gasteiger partial charge in [0, 0.05) is 18.0 Å². The van der Waals surface area contributed by atoms with Gasteiger partial charge < -0.3 is 9.64 Å². The maximum Gasteiger partial charge on any atom is 0.308 e. The Hall–Kier alpha value is -3.07. The standard InChI is InChI=1S/C19H18N4O4S/c24-17(22-8-5-16-13(11-22)7-10-28-16)12-27-18(25)6-9-23-19(26)14-3-1-2-4-15(14)20-21-23/h1-4,7,10H,5-6,8-9,11-12H2. The van der Waals surface area contributed by atoms with Crippen LogP contribution in [0.3, 0.4) is 0 Å². The molecule has 9 heteroatoms. The van der Waals surface area contributed by atoms with E-state index in [0.717, 1.165) is 16.7 Å². The first-order valence-corrected chi connectivity index (χ1v) is 9.81. The fourth-order valence-electron chi connectivity index (χ4n) is 3.13. The fourth-order valence-corrected chi connectivity index (χ4v) is 4.02. The number of esters is 1. The molecule has 1 aromatic carbocycles. The maximum atomic E-state index is 12.3. The maximum absolute atomic E-state index is 12.3. The second-order valence-electron chi connectivity index (χ2n) is 6.48. The van der Waals surface area contributed by atoms with Gasteiger partial charge in [0.25, 0.3) is 11.5 Å². The molecule has 0 fully saturated rings. The first kappa shape index (κ1) is 18.3. The van der Waals surface area contributed by atoms with Crippen LogP contribution in [0.25, 0.3) is 10.9 Å². The van der Waals surface area contributed by atoms with Crippen molar-refractivity contribution >= 4 is 34.1 Å². The Morgan fingerprint density at radius 2 is 2.07 bits per heavy atom. The van der Waals surface area contributed by atoms with Crippen LogP contribution < -0.4 is 5.56 Å². The van der Waals surface area contributed by atoms with Crippen LogP contribution in [0.15, 0.2) is 40.5 Å². The van der Waals surface area contributed by atoms with Crippen molar-refractivity contribution in [2.75, 3.05) is 13.2 Å². The number of hydrogen-bond donors (Lipinski definition) is 0.